The van der Waals surface area contributed by atoms with E-state index in [9.17, 15) is 4.79 Å². The number of fused-ring (bicyclic) bond motifs is 2. The molecule has 1 aromatic heterocycles. The van der Waals surface area contributed by atoms with Gasteiger partial charge in [0, 0.05) is 63.0 Å². The Kier molecular flexibility index (Phi) is 6.32. The van der Waals surface area contributed by atoms with E-state index in [2.05, 4.69) is 26.9 Å². The third-order valence-corrected chi connectivity index (χ3v) is 7.63. The lowest BCUT2D eigenvalue weighted by Crippen LogP contribution is -2.52. The lowest BCUT2D eigenvalue weighted by molar-refractivity contribution is -0.140. The molecule has 28 heavy (non-hydrogen) atoms. The summed E-state index contributed by atoms with van der Waals surface area (Å²) < 4.78 is 0. The van der Waals surface area contributed by atoms with Gasteiger partial charge in [-0.15, -0.1) is 0 Å². The summed E-state index contributed by atoms with van der Waals surface area (Å²) in [5.74, 6) is 1.74. The minimum Gasteiger partial charge on any atom is -0.342 e. The van der Waals surface area contributed by atoms with Crippen molar-refractivity contribution in [1.82, 2.24) is 14.8 Å². The molecule has 4 rings (SSSR count). The van der Waals surface area contributed by atoms with Crippen LogP contribution in [0.1, 0.15) is 50.6 Å². The Morgan fingerprint density at radius 3 is 2.54 bits per heavy atom. The molecule has 1 aromatic rings. The molecule has 1 amide bonds. The second kappa shape index (κ2) is 8.91. The number of rotatable bonds is 5. The second-order valence-corrected chi connectivity index (χ2v) is 9.29. The van der Waals surface area contributed by atoms with Gasteiger partial charge in [0.05, 0.1) is 0 Å². The first-order valence-electron chi connectivity index (χ1n) is 11.3. The van der Waals surface area contributed by atoms with E-state index in [0.29, 0.717) is 29.8 Å². The lowest BCUT2D eigenvalue weighted by atomic mass is 9.65. The predicted molar refractivity (Wildman–Crippen MR) is 112 cm³/mol. The monoisotopic (exact) mass is 384 g/mol. The Bertz CT molecular complexity index is 629. The van der Waals surface area contributed by atoms with Gasteiger partial charge in [-0.05, 0) is 62.5 Å². The maximum atomic E-state index is 13.2. The SMILES string of the molecule is CN(C(=O)C1CC2CCCC(C1)C2N)C1CCN(CCc2ccccn2)CC1. The van der Waals surface area contributed by atoms with Gasteiger partial charge in [-0.2, -0.15) is 0 Å². The number of pyridine rings is 1. The molecule has 154 valence electrons. The lowest BCUT2D eigenvalue weighted by Gasteiger charge is -2.45. The zero-order valence-corrected chi connectivity index (χ0v) is 17.3. The molecule has 2 atom stereocenters. The van der Waals surface area contributed by atoms with Crippen molar-refractivity contribution in [1.29, 1.82) is 0 Å². The van der Waals surface area contributed by atoms with Crippen LogP contribution in [0.25, 0.3) is 0 Å². The van der Waals surface area contributed by atoms with Crippen molar-refractivity contribution in [2.45, 2.75) is 63.5 Å². The summed E-state index contributed by atoms with van der Waals surface area (Å²) in [5.41, 5.74) is 7.58. The molecule has 2 saturated carbocycles. The maximum Gasteiger partial charge on any atom is 0.225 e. The van der Waals surface area contributed by atoms with Gasteiger partial charge in [0.25, 0.3) is 0 Å². The number of hydrogen-bond acceptors (Lipinski definition) is 4. The molecule has 1 aliphatic heterocycles. The van der Waals surface area contributed by atoms with E-state index in [1.807, 2.05) is 19.3 Å². The number of likely N-dealkylation sites (tertiary alicyclic amines) is 1. The Labute approximate surface area is 169 Å². The van der Waals surface area contributed by atoms with Crippen LogP contribution in [-0.4, -0.2) is 59.5 Å². The van der Waals surface area contributed by atoms with Gasteiger partial charge in [-0.25, -0.2) is 0 Å². The topological polar surface area (TPSA) is 62.5 Å². The molecule has 1 saturated heterocycles. The van der Waals surface area contributed by atoms with Crippen LogP contribution in [0.3, 0.4) is 0 Å². The van der Waals surface area contributed by atoms with Gasteiger partial charge in [0.2, 0.25) is 5.91 Å². The van der Waals surface area contributed by atoms with Crippen LogP contribution in [0.4, 0.5) is 0 Å². The Hall–Kier alpha value is -1.46. The number of nitrogens with two attached hydrogens (primary N) is 1. The zero-order valence-electron chi connectivity index (χ0n) is 17.3. The van der Waals surface area contributed by atoms with E-state index in [0.717, 1.165) is 57.4 Å². The minimum absolute atomic E-state index is 0.210. The third-order valence-electron chi connectivity index (χ3n) is 7.63. The number of nitrogens with zero attached hydrogens (tertiary/aromatic N) is 3. The van der Waals surface area contributed by atoms with Crippen molar-refractivity contribution in [2.24, 2.45) is 23.5 Å². The summed E-state index contributed by atoms with van der Waals surface area (Å²) in [5, 5.41) is 0. The standard InChI is InChI=1S/C23H36N4O/c1-26(23(28)19-15-17-5-4-6-18(16-19)22(17)24)21-9-13-27(14-10-21)12-8-20-7-2-3-11-25-20/h2-3,7,11,17-19,21-22H,4-6,8-10,12-16,24H2,1H3. The normalized spacial score (nSPS) is 31.5. The van der Waals surface area contributed by atoms with Crippen molar-refractivity contribution < 1.29 is 4.79 Å². The van der Waals surface area contributed by atoms with Crippen LogP contribution in [-0.2, 0) is 11.2 Å². The fourth-order valence-corrected chi connectivity index (χ4v) is 5.81. The van der Waals surface area contributed by atoms with Crippen LogP contribution in [0.5, 0.6) is 0 Å². The fourth-order valence-electron chi connectivity index (χ4n) is 5.81. The van der Waals surface area contributed by atoms with Crippen LogP contribution in [0, 0.1) is 17.8 Å². The highest BCUT2D eigenvalue weighted by atomic mass is 16.2. The molecular formula is C23H36N4O. The molecule has 2 unspecified atom stereocenters. The van der Waals surface area contributed by atoms with Gasteiger partial charge in [0.1, 0.15) is 0 Å². The van der Waals surface area contributed by atoms with Crippen molar-refractivity contribution in [3.63, 3.8) is 0 Å². The summed E-state index contributed by atoms with van der Waals surface area (Å²) in [6, 6.07) is 6.86. The average Bonchev–Trinajstić information content (AvgIpc) is 2.72. The molecule has 0 radical (unpaired) electrons. The minimum atomic E-state index is 0.210. The Morgan fingerprint density at radius 2 is 1.89 bits per heavy atom. The van der Waals surface area contributed by atoms with Gasteiger partial charge in [-0.1, -0.05) is 12.5 Å². The van der Waals surface area contributed by atoms with Gasteiger partial charge in [0.15, 0.2) is 0 Å². The summed E-state index contributed by atoms with van der Waals surface area (Å²) >= 11 is 0. The Morgan fingerprint density at radius 1 is 1.18 bits per heavy atom. The maximum absolute atomic E-state index is 13.2. The van der Waals surface area contributed by atoms with Crippen LogP contribution >= 0.6 is 0 Å². The molecule has 2 bridgehead atoms. The first-order valence-corrected chi connectivity index (χ1v) is 11.3. The summed E-state index contributed by atoms with van der Waals surface area (Å²) in [6.07, 6.45) is 10.8. The van der Waals surface area contributed by atoms with Gasteiger partial charge >= 0.3 is 0 Å². The number of carbonyl (C=O) groups excluding carboxylic acids is 1. The van der Waals surface area contributed by atoms with Crippen LogP contribution in [0.2, 0.25) is 0 Å². The molecular weight excluding hydrogens is 348 g/mol. The summed E-state index contributed by atoms with van der Waals surface area (Å²) in [7, 11) is 2.04. The first kappa shape index (κ1) is 19.8. The molecule has 2 N–H and O–H groups in total. The highest BCUT2D eigenvalue weighted by Crippen LogP contribution is 2.42. The number of hydrogen-bond donors (Lipinski definition) is 1. The fraction of sp³-hybridized carbons (Fsp3) is 0.739. The second-order valence-electron chi connectivity index (χ2n) is 9.29. The van der Waals surface area contributed by atoms with Crippen molar-refractivity contribution in [3.8, 4) is 0 Å². The molecule has 5 heteroatoms. The zero-order chi connectivity index (χ0) is 19.5. The van der Waals surface area contributed by atoms with Crippen molar-refractivity contribution in [2.75, 3.05) is 26.7 Å². The number of aromatic nitrogens is 1. The number of piperidine rings is 1. The number of carbonyl (C=O) groups is 1. The van der Waals surface area contributed by atoms with Crippen LogP contribution in [0.15, 0.2) is 24.4 Å². The quantitative estimate of drug-likeness (QED) is 0.848. The average molecular weight is 385 g/mol. The van der Waals surface area contributed by atoms with Crippen LogP contribution < -0.4 is 5.73 Å². The number of amides is 1. The van der Waals surface area contributed by atoms with E-state index in [1.54, 1.807) is 0 Å². The highest BCUT2D eigenvalue weighted by molar-refractivity contribution is 5.79. The molecule has 2 aliphatic carbocycles. The first-order chi connectivity index (χ1) is 13.6. The summed E-state index contributed by atoms with van der Waals surface area (Å²) in [6.45, 7) is 3.22. The molecule has 5 nitrogen and oxygen atoms in total. The van der Waals surface area contributed by atoms with E-state index in [1.165, 1.54) is 19.3 Å². The van der Waals surface area contributed by atoms with Crippen molar-refractivity contribution >= 4 is 5.91 Å². The third kappa shape index (κ3) is 4.41. The van der Waals surface area contributed by atoms with Crippen molar-refractivity contribution in [3.05, 3.63) is 30.1 Å². The van der Waals surface area contributed by atoms with E-state index in [4.69, 9.17) is 5.73 Å². The smallest absolute Gasteiger partial charge is 0.225 e. The predicted octanol–water partition coefficient (Wildman–Crippen LogP) is 2.70. The largest absolute Gasteiger partial charge is 0.342 e. The summed E-state index contributed by atoms with van der Waals surface area (Å²) in [4.78, 5) is 22.2. The molecule has 2 heterocycles. The van der Waals surface area contributed by atoms with Gasteiger partial charge in [-0.3, -0.25) is 9.78 Å². The van der Waals surface area contributed by atoms with E-state index < -0.39 is 0 Å². The van der Waals surface area contributed by atoms with E-state index in [-0.39, 0.29) is 5.92 Å². The van der Waals surface area contributed by atoms with E-state index >= 15 is 0 Å². The molecule has 0 aromatic carbocycles. The molecule has 3 aliphatic rings. The highest BCUT2D eigenvalue weighted by Gasteiger charge is 2.42. The Balaban J connectivity index is 1.24. The molecule has 3 fully saturated rings. The van der Waals surface area contributed by atoms with Gasteiger partial charge < -0.3 is 15.5 Å². The molecule has 0 spiro atoms.